The van der Waals surface area contributed by atoms with E-state index < -0.39 is 10.0 Å². The minimum absolute atomic E-state index is 0.0107. The Morgan fingerprint density at radius 2 is 2.38 bits per heavy atom. The van der Waals surface area contributed by atoms with Crippen LogP contribution in [0.5, 0.6) is 0 Å². The van der Waals surface area contributed by atoms with Gasteiger partial charge in [0.1, 0.15) is 0 Å². The minimum atomic E-state index is -3.11. The predicted molar refractivity (Wildman–Crippen MR) is 66.0 cm³/mol. The summed E-state index contributed by atoms with van der Waals surface area (Å²) < 4.78 is 25.4. The molecule has 1 aliphatic rings. The van der Waals surface area contributed by atoms with Crippen molar-refractivity contribution in [3.8, 4) is 0 Å². The van der Waals surface area contributed by atoms with Gasteiger partial charge in [0.2, 0.25) is 10.0 Å². The van der Waals surface area contributed by atoms with Crippen LogP contribution in [0, 0.1) is 0 Å². The fourth-order valence-electron chi connectivity index (χ4n) is 1.82. The molecule has 0 bridgehead atoms. The number of thiophene rings is 1. The third-order valence-corrected chi connectivity index (χ3v) is 5.54. The van der Waals surface area contributed by atoms with Gasteiger partial charge in [-0.25, -0.2) is 12.7 Å². The maximum Gasteiger partial charge on any atom is 0.214 e. The van der Waals surface area contributed by atoms with Gasteiger partial charge >= 0.3 is 0 Å². The molecule has 4 nitrogen and oxygen atoms in total. The maximum absolute atomic E-state index is 11.9. The lowest BCUT2D eigenvalue weighted by atomic mass is 10.3. The van der Waals surface area contributed by atoms with Gasteiger partial charge in [-0.1, -0.05) is 6.07 Å². The second-order valence-electron chi connectivity index (χ2n) is 4.05. The zero-order valence-electron chi connectivity index (χ0n) is 9.00. The largest absolute Gasteiger partial charge is 0.326 e. The highest BCUT2D eigenvalue weighted by atomic mass is 32.2. The van der Waals surface area contributed by atoms with Gasteiger partial charge in [-0.2, -0.15) is 0 Å². The van der Waals surface area contributed by atoms with Crippen LogP contribution in [0.4, 0.5) is 0 Å². The first-order chi connectivity index (χ1) is 7.58. The smallest absolute Gasteiger partial charge is 0.214 e. The molecule has 2 rings (SSSR count). The zero-order chi connectivity index (χ0) is 11.6. The van der Waals surface area contributed by atoms with Crippen molar-refractivity contribution in [3.63, 3.8) is 0 Å². The standard InChI is InChI=1S/C10H16N2O2S2/c11-9-3-5-12(8-9)16(13,14)7-4-10-2-1-6-15-10/h1-2,6,9H,3-5,7-8,11H2/t9-/m1/s1. The molecular formula is C10H16N2O2S2. The number of hydrogen-bond acceptors (Lipinski definition) is 4. The highest BCUT2D eigenvalue weighted by Gasteiger charge is 2.29. The Hall–Kier alpha value is -0.430. The maximum atomic E-state index is 11.9. The minimum Gasteiger partial charge on any atom is -0.326 e. The fourth-order valence-corrected chi connectivity index (χ4v) is 4.20. The molecule has 0 saturated carbocycles. The topological polar surface area (TPSA) is 63.4 Å². The molecule has 1 aromatic rings. The molecule has 0 unspecified atom stereocenters. The van der Waals surface area contributed by atoms with Gasteiger partial charge in [0.05, 0.1) is 5.75 Å². The Labute approximate surface area is 100 Å². The molecule has 0 amide bonds. The molecule has 0 aromatic carbocycles. The van der Waals surface area contributed by atoms with Gasteiger partial charge in [-0.05, 0) is 24.3 Å². The molecular weight excluding hydrogens is 244 g/mol. The van der Waals surface area contributed by atoms with E-state index in [1.807, 2.05) is 17.5 Å². The van der Waals surface area contributed by atoms with Crippen LogP contribution in [0.25, 0.3) is 0 Å². The van der Waals surface area contributed by atoms with Crippen LogP contribution < -0.4 is 5.73 Å². The van der Waals surface area contributed by atoms with E-state index in [0.717, 1.165) is 11.3 Å². The molecule has 2 heterocycles. The zero-order valence-corrected chi connectivity index (χ0v) is 10.6. The van der Waals surface area contributed by atoms with Crippen LogP contribution >= 0.6 is 11.3 Å². The van der Waals surface area contributed by atoms with Crippen molar-refractivity contribution in [2.75, 3.05) is 18.8 Å². The molecule has 0 aliphatic carbocycles. The molecule has 90 valence electrons. The van der Waals surface area contributed by atoms with Crippen molar-refractivity contribution in [1.82, 2.24) is 4.31 Å². The highest BCUT2D eigenvalue weighted by Crippen LogP contribution is 2.15. The monoisotopic (exact) mass is 260 g/mol. The number of nitrogens with zero attached hydrogens (tertiary/aromatic N) is 1. The summed E-state index contributed by atoms with van der Waals surface area (Å²) in [6.45, 7) is 1.06. The molecule has 1 atom stereocenters. The van der Waals surface area contributed by atoms with E-state index in [-0.39, 0.29) is 11.8 Å². The Balaban J connectivity index is 1.93. The van der Waals surface area contributed by atoms with E-state index in [4.69, 9.17) is 5.73 Å². The molecule has 2 N–H and O–H groups in total. The summed E-state index contributed by atoms with van der Waals surface area (Å²) in [6.07, 6.45) is 1.38. The quantitative estimate of drug-likeness (QED) is 0.864. The van der Waals surface area contributed by atoms with Crippen molar-refractivity contribution in [1.29, 1.82) is 0 Å². The Kier molecular flexibility index (Phi) is 3.63. The third kappa shape index (κ3) is 2.82. The Morgan fingerprint density at radius 1 is 1.56 bits per heavy atom. The first-order valence-electron chi connectivity index (χ1n) is 5.34. The highest BCUT2D eigenvalue weighted by molar-refractivity contribution is 7.89. The molecule has 1 aliphatic heterocycles. The fraction of sp³-hybridized carbons (Fsp3) is 0.600. The second-order valence-corrected chi connectivity index (χ2v) is 7.17. The van der Waals surface area contributed by atoms with Crippen molar-refractivity contribution < 1.29 is 8.42 Å². The number of sulfonamides is 1. The van der Waals surface area contributed by atoms with E-state index in [0.29, 0.717) is 19.5 Å². The molecule has 16 heavy (non-hydrogen) atoms. The van der Waals surface area contributed by atoms with E-state index in [1.54, 1.807) is 11.3 Å². The van der Waals surface area contributed by atoms with E-state index in [1.165, 1.54) is 4.31 Å². The van der Waals surface area contributed by atoms with Gasteiger partial charge < -0.3 is 5.73 Å². The molecule has 0 radical (unpaired) electrons. The SMILES string of the molecule is N[C@@H]1CCN(S(=O)(=O)CCc2cccs2)C1. The van der Waals surface area contributed by atoms with Crippen LogP contribution in [-0.2, 0) is 16.4 Å². The number of rotatable bonds is 4. The summed E-state index contributed by atoms with van der Waals surface area (Å²) in [5.74, 6) is 0.195. The average molecular weight is 260 g/mol. The van der Waals surface area contributed by atoms with Crippen LogP contribution in [0.3, 0.4) is 0 Å². The van der Waals surface area contributed by atoms with E-state index in [2.05, 4.69) is 0 Å². The molecule has 0 spiro atoms. The van der Waals surface area contributed by atoms with Crippen LogP contribution in [0.15, 0.2) is 17.5 Å². The summed E-state index contributed by atoms with van der Waals surface area (Å²) >= 11 is 1.60. The molecule has 6 heteroatoms. The van der Waals surface area contributed by atoms with Gasteiger partial charge in [0, 0.05) is 24.0 Å². The summed E-state index contributed by atoms with van der Waals surface area (Å²) in [6, 6.07) is 3.92. The van der Waals surface area contributed by atoms with E-state index >= 15 is 0 Å². The number of nitrogens with two attached hydrogens (primary N) is 1. The van der Waals surface area contributed by atoms with Gasteiger partial charge in [-0.15, -0.1) is 11.3 Å². The third-order valence-electron chi connectivity index (χ3n) is 2.77. The lowest BCUT2D eigenvalue weighted by molar-refractivity contribution is 0.472. The Bertz CT molecular complexity index is 428. The number of aryl methyl sites for hydroxylation is 1. The van der Waals surface area contributed by atoms with Gasteiger partial charge in [0.15, 0.2) is 0 Å². The van der Waals surface area contributed by atoms with Crippen molar-refractivity contribution in [2.24, 2.45) is 5.73 Å². The lowest BCUT2D eigenvalue weighted by Crippen LogP contribution is -2.34. The lowest BCUT2D eigenvalue weighted by Gasteiger charge is -2.15. The summed E-state index contributed by atoms with van der Waals surface area (Å²) in [5, 5.41) is 1.97. The number of hydrogen-bond donors (Lipinski definition) is 1. The molecule has 1 aromatic heterocycles. The van der Waals surface area contributed by atoms with Crippen LogP contribution in [0.1, 0.15) is 11.3 Å². The summed E-state index contributed by atoms with van der Waals surface area (Å²) in [7, 11) is -3.11. The Morgan fingerprint density at radius 3 is 2.94 bits per heavy atom. The molecule has 1 fully saturated rings. The van der Waals surface area contributed by atoms with Crippen molar-refractivity contribution in [2.45, 2.75) is 18.9 Å². The van der Waals surface area contributed by atoms with Gasteiger partial charge in [-0.3, -0.25) is 0 Å². The van der Waals surface area contributed by atoms with Crippen LogP contribution in [-0.4, -0.2) is 37.6 Å². The van der Waals surface area contributed by atoms with Gasteiger partial charge in [0.25, 0.3) is 0 Å². The van der Waals surface area contributed by atoms with Crippen molar-refractivity contribution >= 4 is 21.4 Å². The summed E-state index contributed by atoms with van der Waals surface area (Å²) in [4.78, 5) is 1.12. The van der Waals surface area contributed by atoms with E-state index in [9.17, 15) is 8.42 Å². The predicted octanol–water partition coefficient (Wildman–Crippen LogP) is 0.653. The second kappa shape index (κ2) is 4.83. The molecule has 1 saturated heterocycles. The first kappa shape index (κ1) is 12.0. The van der Waals surface area contributed by atoms with Crippen molar-refractivity contribution in [3.05, 3.63) is 22.4 Å². The normalized spacial score (nSPS) is 22.7. The average Bonchev–Trinajstić information content (AvgIpc) is 2.85. The first-order valence-corrected chi connectivity index (χ1v) is 7.82. The summed E-state index contributed by atoms with van der Waals surface area (Å²) in [5.41, 5.74) is 5.71. The van der Waals surface area contributed by atoms with Crippen LogP contribution in [0.2, 0.25) is 0 Å².